The largest absolute Gasteiger partial charge is 0.454 e. The summed E-state index contributed by atoms with van der Waals surface area (Å²) in [5.41, 5.74) is 4.33. The van der Waals surface area contributed by atoms with Crippen LogP contribution >= 0.6 is 11.3 Å². The molecule has 0 aliphatic rings. The van der Waals surface area contributed by atoms with Crippen LogP contribution in [0, 0.1) is 0 Å². The summed E-state index contributed by atoms with van der Waals surface area (Å²) in [6.45, 7) is 2.48. The molecule has 0 aliphatic heterocycles. The molecule has 4 rings (SSSR count). The Hall–Kier alpha value is -3.44. The first kappa shape index (κ1) is 19.9. The van der Waals surface area contributed by atoms with Crippen molar-refractivity contribution in [2.45, 2.75) is 13.5 Å². The Bertz CT molecular complexity index is 1200. The molecule has 0 spiro atoms. The molecular weight excluding hydrogens is 394 g/mol. The summed E-state index contributed by atoms with van der Waals surface area (Å²) in [5.74, 6) is -0.746. The molecule has 0 fully saturated rings. The lowest BCUT2D eigenvalue weighted by atomic mass is 10.0. The number of hydrogen-bond acceptors (Lipinski definition) is 4. The number of aryl methyl sites for hydroxylation is 1. The van der Waals surface area contributed by atoms with Crippen LogP contribution in [0.5, 0.6) is 0 Å². The first-order chi connectivity index (χ1) is 14.7. The number of aromatic nitrogens is 1. The molecule has 30 heavy (non-hydrogen) atoms. The second-order valence-corrected chi connectivity index (χ2v) is 7.55. The van der Waals surface area contributed by atoms with Crippen LogP contribution in [0.1, 0.15) is 22.8 Å². The predicted molar refractivity (Wildman–Crippen MR) is 122 cm³/mol. The fourth-order valence-electron chi connectivity index (χ4n) is 3.60. The Kier molecular flexibility index (Phi) is 5.91. The standard InChI is InChI=1S/C25H21NO3S/c1-2-26-21-11-7-6-10-20(21)24(25(26)19-8-4-3-5-9-19)22(27)16-29-23(28)13-12-18-14-15-30-17-18/h3-15,17H,2,16H2,1H3/b13-12+. The zero-order valence-corrected chi connectivity index (χ0v) is 17.4. The number of thiophene rings is 1. The highest BCUT2D eigenvalue weighted by molar-refractivity contribution is 7.08. The van der Waals surface area contributed by atoms with Crippen molar-refractivity contribution in [3.8, 4) is 11.3 Å². The lowest BCUT2D eigenvalue weighted by Crippen LogP contribution is -2.13. The Morgan fingerprint density at radius 1 is 1.03 bits per heavy atom. The minimum atomic E-state index is -0.532. The van der Waals surface area contributed by atoms with E-state index in [-0.39, 0.29) is 12.4 Å². The molecule has 0 amide bonds. The van der Waals surface area contributed by atoms with Crippen LogP contribution in [0.25, 0.3) is 28.2 Å². The third kappa shape index (κ3) is 3.98. The highest BCUT2D eigenvalue weighted by Crippen LogP contribution is 2.34. The number of nitrogens with zero attached hydrogens (tertiary/aromatic N) is 1. The number of ketones is 1. The highest BCUT2D eigenvalue weighted by atomic mass is 32.1. The van der Waals surface area contributed by atoms with Crippen molar-refractivity contribution in [2.24, 2.45) is 0 Å². The quantitative estimate of drug-likeness (QED) is 0.217. The van der Waals surface area contributed by atoms with Crippen LogP contribution in [0.2, 0.25) is 0 Å². The van der Waals surface area contributed by atoms with Gasteiger partial charge >= 0.3 is 5.97 Å². The molecule has 0 unspecified atom stereocenters. The van der Waals surface area contributed by atoms with E-state index in [1.54, 1.807) is 17.4 Å². The number of ether oxygens (including phenoxy) is 1. The first-order valence-corrected chi connectivity index (χ1v) is 10.7. The van der Waals surface area contributed by atoms with Gasteiger partial charge in [-0.25, -0.2) is 4.79 Å². The van der Waals surface area contributed by atoms with Crippen LogP contribution in [0.4, 0.5) is 0 Å². The number of para-hydroxylation sites is 1. The molecule has 2 aromatic heterocycles. The van der Waals surface area contributed by atoms with E-state index < -0.39 is 5.97 Å². The monoisotopic (exact) mass is 415 g/mol. The first-order valence-electron chi connectivity index (χ1n) is 9.76. The average Bonchev–Trinajstić information content (AvgIpc) is 3.42. The van der Waals surface area contributed by atoms with E-state index in [9.17, 15) is 9.59 Å². The molecule has 0 saturated carbocycles. The second-order valence-electron chi connectivity index (χ2n) is 6.77. The second kappa shape index (κ2) is 8.93. The molecule has 0 radical (unpaired) electrons. The van der Waals surface area contributed by atoms with Gasteiger partial charge in [-0.3, -0.25) is 4.79 Å². The Morgan fingerprint density at radius 3 is 2.53 bits per heavy atom. The van der Waals surface area contributed by atoms with Crippen molar-refractivity contribution in [3.05, 3.63) is 88.6 Å². The highest BCUT2D eigenvalue weighted by Gasteiger charge is 2.23. The molecule has 0 saturated heterocycles. The number of esters is 1. The van der Waals surface area contributed by atoms with Crippen molar-refractivity contribution in [1.82, 2.24) is 4.57 Å². The van der Waals surface area contributed by atoms with Gasteiger partial charge in [0.05, 0.1) is 11.3 Å². The van der Waals surface area contributed by atoms with Crippen LogP contribution < -0.4 is 0 Å². The van der Waals surface area contributed by atoms with Crippen molar-refractivity contribution < 1.29 is 14.3 Å². The van der Waals surface area contributed by atoms with Crippen LogP contribution in [0.3, 0.4) is 0 Å². The molecule has 0 bridgehead atoms. The maximum absolute atomic E-state index is 13.2. The van der Waals surface area contributed by atoms with Gasteiger partial charge in [0.25, 0.3) is 0 Å². The minimum absolute atomic E-state index is 0.213. The van der Waals surface area contributed by atoms with E-state index in [1.165, 1.54) is 6.08 Å². The van der Waals surface area contributed by atoms with Gasteiger partial charge in [-0.05, 0) is 47.0 Å². The van der Waals surface area contributed by atoms with E-state index in [0.717, 1.165) is 34.3 Å². The number of rotatable bonds is 7. The lowest BCUT2D eigenvalue weighted by molar-refractivity contribution is -0.136. The zero-order valence-electron chi connectivity index (χ0n) is 16.6. The fraction of sp³-hybridized carbons (Fsp3) is 0.120. The van der Waals surface area contributed by atoms with Gasteiger partial charge in [0, 0.05) is 23.5 Å². The number of benzene rings is 2. The lowest BCUT2D eigenvalue weighted by Gasteiger charge is -2.10. The summed E-state index contributed by atoms with van der Waals surface area (Å²) in [5, 5.41) is 4.73. The summed E-state index contributed by atoms with van der Waals surface area (Å²) in [7, 11) is 0. The molecule has 4 nitrogen and oxygen atoms in total. The maximum Gasteiger partial charge on any atom is 0.331 e. The van der Waals surface area contributed by atoms with Gasteiger partial charge in [0.2, 0.25) is 5.78 Å². The Balaban J connectivity index is 1.66. The predicted octanol–water partition coefficient (Wildman–Crippen LogP) is 5.83. The van der Waals surface area contributed by atoms with Crippen molar-refractivity contribution in [2.75, 3.05) is 6.61 Å². The molecule has 2 aromatic carbocycles. The van der Waals surface area contributed by atoms with E-state index in [2.05, 4.69) is 11.5 Å². The number of carbonyl (C=O) groups excluding carboxylic acids is 2. The summed E-state index contributed by atoms with van der Waals surface area (Å²) in [4.78, 5) is 25.3. The fourth-order valence-corrected chi connectivity index (χ4v) is 4.23. The van der Waals surface area contributed by atoms with E-state index in [4.69, 9.17) is 4.74 Å². The maximum atomic E-state index is 13.2. The molecular formula is C25H21NO3S. The topological polar surface area (TPSA) is 48.3 Å². The van der Waals surface area contributed by atoms with Crippen molar-refractivity contribution in [1.29, 1.82) is 0 Å². The molecule has 150 valence electrons. The van der Waals surface area contributed by atoms with Gasteiger partial charge in [-0.15, -0.1) is 0 Å². The number of Topliss-reactive ketones (excluding diaryl/α,β-unsaturated/α-hetero) is 1. The molecule has 5 heteroatoms. The number of fused-ring (bicyclic) bond motifs is 1. The summed E-state index contributed by atoms with van der Waals surface area (Å²) in [6, 6.07) is 19.6. The summed E-state index contributed by atoms with van der Waals surface area (Å²) >= 11 is 1.55. The van der Waals surface area contributed by atoms with Crippen molar-refractivity contribution in [3.63, 3.8) is 0 Å². The normalized spacial score (nSPS) is 11.2. The van der Waals surface area contributed by atoms with E-state index in [0.29, 0.717) is 5.56 Å². The smallest absolute Gasteiger partial charge is 0.331 e. The molecule has 0 aliphatic carbocycles. The minimum Gasteiger partial charge on any atom is -0.454 e. The third-order valence-corrected chi connectivity index (χ3v) is 5.62. The van der Waals surface area contributed by atoms with Gasteiger partial charge in [-0.2, -0.15) is 11.3 Å². The number of hydrogen-bond donors (Lipinski definition) is 0. The number of carbonyl (C=O) groups is 2. The molecule has 0 atom stereocenters. The van der Waals surface area contributed by atoms with Crippen LogP contribution in [-0.2, 0) is 16.1 Å². The molecule has 4 aromatic rings. The van der Waals surface area contributed by atoms with Gasteiger partial charge in [0.15, 0.2) is 6.61 Å². The van der Waals surface area contributed by atoms with Gasteiger partial charge < -0.3 is 9.30 Å². The molecule has 0 N–H and O–H groups in total. The molecule has 2 heterocycles. The third-order valence-electron chi connectivity index (χ3n) is 4.91. The van der Waals surface area contributed by atoms with Crippen LogP contribution in [-0.4, -0.2) is 22.9 Å². The summed E-state index contributed by atoms with van der Waals surface area (Å²) in [6.07, 6.45) is 3.03. The Labute approximate surface area is 179 Å². The summed E-state index contributed by atoms with van der Waals surface area (Å²) < 4.78 is 7.39. The van der Waals surface area contributed by atoms with E-state index in [1.807, 2.05) is 71.4 Å². The van der Waals surface area contributed by atoms with Crippen molar-refractivity contribution >= 4 is 40.1 Å². The Morgan fingerprint density at radius 2 is 1.80 bits per heavy atom. The van der Waals surface area contributed by atoms with Crippen LogP contribution in [0.15, 0.2) is 77.5 Å². The van der Waals surface area contributed by atoms with Gasteiger partial charge in [0.1, 0.15) is 0 Å². The average molecular weight is 416 g/mol. The SMILES string of the molecule is CCn1c(-c2ccccc2)c(C(=O)COC(=O)/C=C/c2ccsc2)c2ccccc21. The van der Waals surface area contributed by atoms with Gasteiger partial charge in [-0.1, -0.05) is 48.5 Å². The zero-order chi connectivity index (χ0) is 20.9. The van der Waals surface area contributed by atoms with E-state index >= 15 is 0 Å².